The minimum Gasteiger partial charge on any atom is -0.496 e. The van der Waals surface area contributed by atoms with E-state index in [1.165, 1.54) is 11.8 Å². The minimum absolute atomic E-state index is 0.0272. The molecule has 0 atom stereocenters. The first-order chi connectivity index (χ1) is 13.6. The Hall–Kier alpha value is -2.76. The molecule has 142 valence electrons. The average Bonchev–Trinajstić information content (AvgIpc) is 2.72. The molecule has 1 heterocycles. The molecule has 3 rings (SSSR count). The van der Waals surface area contributed by atoms with E-state index in [9.17, 15) is 10.1 Å². The summed E-state index contributed by atoms with van der Waals surface area (Å²) in [6.45, 7) is 0.250. The van der Waals surface area contributed by atoms with Crippen LogP contribution in [0.2, 0.25) is 0 Å². The third-order valence-electron chi connectivity index (χ3n) is 3.98. The highest BCUT2D eigenvalue weighted by Crippen LogP contribution is 2.30. The van der Waals surface area contributed by atoms with Gasteiger partial charge in [-0.2, -0.15) is 5.26 Å². The lowest BCUT2D eigenvalue weighted by Crippen LogP contribution is -2.14. The van der Waals surface area contributed by atoms with E-state index in [-0.39, 0.29) is 12.2 Å². The molecule has 3 aromatic rings. The van der Waals surface area contributed by atoms with E-state index < -0.39 is 5.56 Å². The maximum absolute atomic E-state index is 12.2. The molecule has 8 heteroatoms. The van der Waals surface area contributed by atoms with Gasteiger partial charge in [-0.3, -0.25) is 4.79 Å². The van der Waals surface area contributed by atoms with Crippen LogP contribution in [0.15, 0.2) is 56.9 Å². The quantitative estimate of drug-likeness (QED) is 0.436. The van der Waals surface area contributed by atoms with Gasteiger partial charge < -0.3 is 14.5 Å². The maximum atomic E-state index is 12.2. The van der Waals surface area contributed by atoms with Gasteiger partial charge in [0.2, 0.25) is 0 Å². The predicted molar refractivity (Wildman–Crippen MR) is 112 cm³/mol. The molecule has 1 aromatic heterocycles. The zero-order chi connectivity index (χ0) is 20.1. The standard InChI is InChI=1S/C20H16BrN3O3S/c1-26-16-8-7-12(18-14(10-22)19(25)24-20(23-18)28-2)9-13(16)11-27-17-6-4-3-5-15(17)21/h3-9H,11H2,1-2H3,(H,23,24,25). The van der Waals surface area contributed by atoms with Crippen molar-refractivity contribution in [2.24, 2.45) is 0 Å². The summed E-state index contributed by atoms with van der Waals surface area (Å²) in [5.41, 5.74) is 1.26. The summed E-state index contributed by atoms with van der Waals surface area (Å²) in [5.74, 6) is 1.34. The lowest BCUT2D eigenvalue weighted by atomic mass is 10.0. The second-order valence-corrected chi connectivity index (χ2v) is 7.31. The largest absolute Gasteiger partial charge is 0.496 e. The first-order valence-electron chi connectivity index (χ1n) is 8.20. The molecule has 6 nitrogen and oxygen atoms in total. The predicted octanol–water partition coefficient (Wildman–Crippen LogP) is 4.38. The first kappa shape index (κ1) is 20.0. The Labute approximate surface area is 174 Å². The monoisotopic (exact) mass is 457 g/mol. The van der Waals surface area contributed by atoms with Crippen molar-refractivity contribution in [2.75, 3.05) is 13.4 Å². The van der Waals surface area contributed by atoms with Crippen LogP contribution in [0.25, 0.3) is 11.3 Å². The van der Waals surface area contributed by atoms with Gasteiger partial charge in [0.05, 0.1) is 17.3 Å². The van der Waals surface area contributed by atoms with Crippen LogP contribution < -0.4 is 15.0 Å². The number of rotatable bonds is 6. The van der Waals surface area contributed by atoms with Crippen LogP contribution in [0.5, 0.6) is 11.5 Å². The number of nitrogens with one attached hydrogen (secondary N) is 1. The second kappa shape index (κ2) is 8.95. The number of halogens is 1. The zero-order valence-electron chi connectivity index (χ0n) is 15.2. The molecule has 0 fully saturated rings. The van der Waals surface area contributed by atoms with Gasteiger partial charge in [-0.05, 0) is 52.5 Å². The van der Waals surface area contributed by atoms with Crippen LogP contribution in [0, 0.1) is 11.3 Å². The molecule has 0 amide bonds. The van der Waals surface area contributed by atoms with E-state index >= 15 is 0 Å². The van der Waals surface area contributed by atoms with E-state index in [1.54, 1.807) is 25.5 Å². The van der Waals surface area contributed by atoms with Crippen LogP contribution >= 0.6 is 27.7 Å². The average molecular weight is 458 g/mol. The Bertz CT molecular complexity index is 1110. The lowest BCUT2D eigenvalue weighted by Gasteiger charge is -2.13. The molecule has 0 aliphatic carbocycles. The number of benzene rings is 2. The second-order valence-electron chi connectivity index (χ2n) is 5.66. The minimum atomic E-state index is -0.460. The lowest BCUT2D eigenvalue weighted by molar-refractivity contribution is 0.295. The van der Waals surface area contributed by atoms with Gasteiger partial charge in [-0.15, -0.1) is 0 Å². The summed E-state index contributed by atoms with van der Waals surface area (Å²) < 4.78 is 12.2. The van der Waals surface area contributed by atoms with Crippen molar-refractivity contribution < 1.29 is 9.47 Å². The number of thioether (sulfide) groups is 1. The van der Waals surface area contributed by atoms with Gasteiger partial charge in [-0.1, -0.05) is 23.9 Å². The summed E-state index contributed by atoms with van der Waals surface area (Å²) in [5, 5.41) is 9.85. The molecular weight excluding hydrogens is 442 g/mol. The number of H-pyrrole nitrogens is 1. The van der Waals surface area contributed by atoms with Crippen molar-refractivity contribution in [1.82, 2.24) is 9.97 Å². The molecule has 28 heavy (non-hydrogen) atoms. The van der Waals surface area contributed by atoms with Gasteiger partial charge >= 0.3 is 0 Å². The summed E-state index contributed by atoms with van der Waals surface area (Å²) in [6.07, 6.45) is 1.80. The fraction of sp³-hybridized carbons (Fsp3) is 0.150. The van der Waals surface area contributed by atoms with Crippen LogP contribution in [0.1, 0.15) is 11.1 Å². The Morgan fingerprint density at radius 2 is 2.04 bits per heavy atom. The van der Waals surface area contributed by atoms with Crippen molar-refractivity contribution in [3.8, 4) is 28.8 Å². The molecule has 0 aliphatic heterocycles. The number of methoxy groups -OCH3 is 1. The van der Waals surface area contributed by atoms with Crippen molar-refractivity contribution in [3.05, 3.63) is 68.4 Å². The smallest absolute Gasteiger partial charge is 0.270 e. The molecule has 0 bridgehead atoms. The van der Waals surface area contributed by atoms with Crippen LogP contribution in [-0.4, -0.2) is 23.3 Å². The zero-order valence-corrected chi connectivity index (χ0v) is 17.6. The van der Waals surface area contributed by atoms with Crippen molar-refractivity contribution in [3.63, 3.8) is 0 Å². The number of aromatic amines is 1. The van der Waals surface area contributed by atoms with E-state index in [4.69, 9.17) is 9.47 Å². The number of aromatic nitrogens is 2. The third kappa shape index (κ3) is 4.21. The normalized spacial score (nSPS) is 10.4. The van der Waals surface area contributed by atoms with Crippen LogP contribution in [0.4, 0.5) is 0 Å². The molecule has 1 N–H and O–H groups in total. The number of hydrogen-bond acceptors (Lipinski definition) is 6. The van der Waals surface area contributed by atoms with Gasteiger partial charge in [-0.25, -0.2) is 4.98 Å². The fourth-order valence-corrected chi connectivity index (χ4v) is 3.39. The molecule has 0 saturated carbocycles. The Balaban J connectivity index is 2.02. The number of nitrogens with zero attached hydrogens (tertiary/aromatic N) is 2. The highest BCUT2D eigenvalue weighted by Gasteiger charge is 2.15. The number of hydrogen-bond donors (Lipinski definition) is 1. The van der Waals surface area contributed by atoms with E-state index in [0.717, 1.165) is 10.0 Å². The van der Waals surface area contributed by atoms with Crippen molar-refractivity contribution in [1.29, 1.82) is 5.26 Å². The number of ether oxygens (including phenoxy) is 2. The maximum Gasteiger partial charge on any atom is 0.270 e. The topological polar surface area (TPSA) is 88.0 Å². The van der Waals surface area contributed by atoms with E-state index in [0.29, 0.717) is 27.9 Å². The molecular formula is C20H16BrN3O3S. The molecule has 0 saturated heterocycles. The number of para-hydroxylation sites is 1. The van der Waals surface area contributed by atoms with Crippen molar-refractivity contribution >= 4 is 27.7 Å². The highest BCUT2D eigenvalue weighted by molar-refractivity contribution is 9.10. The third-order valence-corrected chi connectivity index (χ3v) is 5.21. The van der Waals surface area contributed by atoms with Crippen LogP contribution in [0.3, 0.4) is 0 Å². The summed E-state index contributed by atoms with van der Waals surface area (Å²) in [7, 11) is 1.58. The van der Waals surface area contributed by atoms with Gasteiger partial charge in [0, 0.05) is 11.1 Å². The Kier molecular flexibility index (Phi) is 6.39. The van der Waals surface area contributed by atoms with E-state index in [1.807, 2.05) is 36.4 Å². The summed E-state index contributed by atoms with van der Waals surface area (Å²) >= 11 is 4.76. The highest BCUT2D eigenvalue weighted by atomic mass is 79.9. The number of nitriles is 1. The van der Waals surface area contributed by atoms with Crippen molar-refractivity contribution in [2.45, 2.75) is 11.8 Å². The molecule has 0 aliphatic rings. The Morgan fingerprint density at radius 1 is 1.25 bits per heavy atom. The SMILES string of the molecule is COc1ccc(-c2nc(SC)[nH]c(=O)c2C#N)cc1COc1ccccc1Br. The molecule has 0 radical (unpaired) electrons. The van der Waals surface area contributed by atoms with Crippen LogP contribution in [-0.2, 0) is 6.61 Å². The van der Waals surface area contributed by atoms with E-state index in [2.05, 4.69) is 25.9 Å². The molecule has 2 aromatic carbocycles. The molecule has 0 unspecified atom stereocenters. The fourth-order valence-electron chi connectivity index (χ4n) is 2.62. The first-order valence-corrected chi connectivity index (χ1v) is 10.2. The summed E-state index contributed by atoms with van der Waals surface area (Å²) in [4.78, 5) is 19.2. The van der Waals surface area contributed by atoms with Gasteiger partial charge in [0.1, 0.15) is 29.7 Å². The summed E-state index contributed by atoms with van der Waals surface area (Å²) in [6, 6.07) is 14.9. The molecule has 0 spiro atoms. The van der Waals surface area contributed by atoms with Gasteiger partial charge in [0.15, 0.2) is 5.16 Å². The van der Waals surface area contributed by atoms with Gasteiger partial charge in [0.25, 0.3) is 5.56 Å². The Morgan fingerprint density at radius 3 is 2.71 bits per heavy atom.